The minimum Gasteiger partial charge on any atom is -0.332 e. The Bertz CT molecular complexity index is 171. The summed E-state index contributed by atoms with van der Waals surface area (Å²) in [5.74, 6) is 2.15. The Morgan fingerprint density at radius 1 is 1.21 bits per heavy atom. The molecule has 0 radical (unpaired) electrons. The molecule has 2 atom stereocenters. The Kier molecular flexibility index (Phi) is 5.15. The number of carbonyl (C=O) groups excluding carboxylic acids is 1. The van der Waals surface area contributed by atoms with Crippen LogP contribution in [0.25, 0.3) is 0 Å². The highest BCUT2D eigenvalue weighted by Gasteiger charge is 2.35. The van der Waals surface area contributed by atoms with Crippen molar-refractivity contribution in [2.75, 3.05) is 11.5 Å². The van der Waals surface area contributed by atoms with Crippen molar-refractivity contribution < 1.29 is 4.79 Å². The van der Waals surface area contributed by atoms with Gasteiger partial charge in [-0.1, -0.05) is 33.1 Å². The van der Waals surface area contributed by atoms with Gasteiger partial charge in [-0.25, -0.2) is 4.79 Å². The first-order chi connectivity index (χ1) is 6.77. The van der Waals surface area contributed by atoms with Gasteiger partial charge in [0.1, 0.15) is 0 Å². The van der Waals surface area contributed by atoms with Crippen molar-refractivity contribution >= 4 is 17.8 Å². The molecule has 14 heavy (non-hydrogen) atoms. The van der Waals surface area contributed by atoms with E-state index >= 15 is 0 Å². The summed E-state index contributed by atoms with van der Waals surface area (Å²) in [7, 11) is 0. The van der Waals surface area contributed by atoms with Gasteiger partial charge in [-0.05, 0) is 0 Å². The molecule has 2 fully saturated rings. The molecule has 2 aliphatic heterocycles. The minimum absolute atomic E-state index is 0.00491. The largest absolute Gasteiger partial charge is 0.332 e. The second-order valence-electron chi connectivity index (χ2n) is 3.72. The van der Waals surface area contributed by atoms with Gasteiger partial charge in [0.15, 0.2) is 0 Å². The third kappa shape index (κ3) is 3.40. The second-order valence-corrected chi connectivity index (χ2v) is 4.80. The van der Waals surface area contributed by atoms with E-state index in [-0.39, 0.29) is 6.03 Å². The predicted octanol–water partition coefficient (Wildman–Crippen LogP) is 1.98. The lowest BCUT2D eigenvalue weighted by molar-refractivity contribution is 0.247. The fourth-order valence-corrected chi connectivity index (χ4v) is 2.85. The number of rotatable bonds is 2. The molecule has 0 spiro atoms. The van der Waals surface area contributed by atoms with E-state index in [1.807, 2.05) is 11.8 Å². The highest BCUT2D eigenvalue weighted by atomic mass is 32.2. The van der Waals surface area contributed by atoms with E-state index in [1.165, 1.54) is 19.3 Å². The van der Waals surface area contributed by atoms with Crippen LogP contribution in [-0.4, -0.2) is 29.6 Å². The number of carbonyl (C=O) groups is 1. The van der Waals surface area contributed by atoms with Gasteiger partial charge in [-0.2, -0.15) is 11.8 Å². The van der Waals surface area contributed by atoms with Gasteiger partial charge in [0.25, 0.3) is 0 Å². The van der Waals surface area contributed by atoms with E-state index in [9.17, 15) is 4.79 Å². The van der Waals surface area contributed by atoms with Crippen molar-refractivity contribution in [2.24, 2.45) is 0 Å². The quantitative estimate of drug-likeness (QED) is 0.693. The molecule has 2 unspecified atom stereocenters. The molecule has 0 aromatic heterocycles. The molecule has 82 valence electrons. The number of hydrogen-bond acceptors (Lipinski definition) is 2. The van der Waals surface area contributed by atoms with Crippen molar-refractivity contribution in [3.63, 3.8) is 0 Å². The van der Waals surface area contributed by atoms with E-state index in [0.717, 1.165) is 11.5 Å². The average Bonchev–Trinajstić information content (AvgIpc) is 2.66. The fraction of sp³-hybridized carbons (Fsp3) is 0.900. The van der Waals surface area contributed by atoms with Crippen LogP contribution in [0.1, 0.15) is 33.1 Å². The van der Waals surface area contributed by atoms with E-state index in [0.29, 0.717) is 12.1 Å². The summed E-state index contributed by atoms with van der Waals surface area (Å²) >= 11 is 1.89. The van der Waals surface area contributed by atoms with Crippen LogP contribution in [0, 0.1) is 0 Å². The lowest BCUT2D eigenvalue weighted by Crippen LogP contribution is -2.31. The van der Waals surface area contributed by atoms with Gasteiger partial charge < -0.3 is 10.6 Å². The van der Waals surface area contributed by atoms with Crippen molar-refractivity contribution in [1.29, 1.82) is 0 Å². The molecule has 4 heteroatoms. The summed E-state index contributed by atoms with van der Waals surface area (Å²) in [6.45, 7) is 4.42. The number of hydrogen-bond donors (Lipinski definition) is 2. The Labute approximate surface area is 90.4 Å². The van der Waals surface area contributed by atoms with Crippen LogP contribution in [0.4, 0.5) is 4.79 Å². The van der Waals surface area contributed by atoms with Crippen LogP contribution < -0.4 is 10.6 Å². The van der Waals surface area contributed by atoms with Gasteiger partial charge in [0, 0.05) is 11.5 Å². The molecule has 0 bridgehead atoms. The maximum absolute atomic E-state index is 10.6. The molecule has 0 aliphatic carbocycles. The summed E-state index contributed by atoms with van der Waals surface area (Å²) < 4.78 is 0. The SMILES string of the molecule is CCCCC.O=C1NC2CSCC2N1. The van der Waals surface area contributed by atoms with E-state index in [2.05, 4.69) is 24.5 Å². The normalized spacial score (nSPS) is 28.6. The number of thioether (sulfide) groups is 1. The summed E-state index contributed by atoms with van der Waals surface area (Å²) in [6.07, 6.45) is 4.08. The van der Waals surface area contributed by atoms with Crippen LogP contribution in [0.5, 0.6) is 0 Å². The first-order valence-electron chi connectivity index (χ1n) is 5.42. The second kappa shape index (κ2) is 6.17. The van der Waals surface area contributed by atoms with Crippen LogP contribution in [0.2, 0.25) is 0 Å². The highest BCUT2D eigenvalue weighted by Crippen LogP contribution is 2.20. The molecular formula is C10H20N2OS. The van der Waals surface area contributed by atoms with Gasteiger partial charge >= 0.3 is 6.03 Å². The summed E-state index contributed by atoms with van der Waals surface area (Å²) in [5.41, 5.74) is 0. The molecule has 2 aliphatic rings. The van der Waals surface area contributed by atoms with E-state index < -0.39 is 0 Å². The van der Waals surface area contributed by atoms with E-state index in [1.54, 1.807) is 0 Å². The van der Waals surface area contributed by atoms with Crippen molar-refractivity contribution in [1.82, 2.24) is 10.6 Å². The van der Waals surface area contributed by atoms with Crippen molar-refractivity contribution in [3.05, 3.63) is 0 Å². The summed E-state index contributed by atoms with van der Waals surface area (Å²) in [5, 5.41) is 5.69. The van der Waals surface area contributed by atoms with Crippen LogP contribution in [0.3, 0.4) is 0 Å². The molecule has 0 aromatic carbocycles. The van der Waals surface area contributed by atoms with Crippen molar-refractivity contribution in [3.8, 4) is 0 Å². The molecule has 0 aromatic rings. The zero-order valence-corrected chi connectivity index (χ0v) is 9.82. The Balaban J connectivity index is 0.000000171. The van der Waals surface area contributed by atoms with Crippen LogP contribution >= 0.6 is 11.8 Å². The van der Waals surface area contributed by atoms with Gasteiger partial charge in [-0.15, -0.1) is 0 Å². The standard InChI is InChI=1S/C5H8N2OS.C5H12/c8-5-6-3-1-9-2-4(3)7-5;1-3-5-4-2/h3-4H,1-2H2,(H2,6,7,8);3-5H2,1-2H3. The summed E-state index contributed by atoms with van der Waals surface area (Å²) in [6, 6.07) is 0.815. The maximum Gasteiger partial charge on any atom is 0.315 e. The van der Waals surface area contributed by atoms with Gasteiger partial charge in [0.05, 0.1) is 12.1 Å². The Morgan fingerprint density at radius 3 is 2.07 bits per heavy atom. The van der Waals surface area contributed by atoms with Crippen LogP contribution in [-0.2, 0) is 0 Å². The predicted molar refractivity (Wildman–Crippen MR) is 61.8 cm³/mol. The topological polar surface area (TPSA) is 41.1 Å². The lowest BCUT2D eigenvalue weighted by atomic mass is 10.2. The zero-order valence-electron chi connectivity index (χ0n) is 9.01. The molecule has 3 nitrogen and oxygen atoms in total. The molecule has 2 N–H and O–H groups in total. The molecule has 2 rings (SSSR count). The van der Waals surface area contributed by atoms with Crippen molar-refractivity contribution in [2.45, 2.75) is 45.2 Å². The number of nitrogens with one attached hydrogen (secondary N) is 2. The Morgan fingerprint density at radius 2 is 1.71 bits per heavy atom. The first kappa shape index (κ1) is 11.7. The van der Waals surface area contributed by atoms with Gasteiger partial charge in [0.2, 0.25) is 0 Å². The number of fused-ring (bicyclic) bond motifs is 1. The number of amides is 2. The zero-order chi connectivity index (χ0) is 10.4. The lowest BCUT2D eigenvalue weighted by Gasteiger charge is -2.02. The minimum atomic E-state index is 0.00491. The third-order valence-electron chi connectivity index (χ3n) is 2.42. The first-order valence-corrected chi connectivity index (χ1v) is 6.58. The average molecular weight is 216 g/mol. The van der Waals surface area contributed by atoms with E-state index in [4.69, 9.17) is 0 Å². The fourth-order valence-electron chi connectivity index (χ4n) is 1.57. The molecule has 2 heterocycles. The van der Waals surface area contributed by atoms with Gasteiger partial charge in [-0.3, -0.25) is 0 Å². The smallest absolute Gasteiger partial charge is 0.315 e. The monoisotopic (exact) mass is 216 g/mol. The molecule has 2 saturated heterocycles. The highest BCUT2D eigenvalue weighted by molar-refractivity contribution is 7.99. The third-order valence-corrected chi connectivity index (χ3v) is 3.61. The van der Waals surface area contributed by atoms with Crippen LogP contribution in [0.15, 0.2) is 0 Å². The molecular weight excluding hydrogens is 196 g/mol. The maximum atomic E-state index is 10.6. The number of urea groups is 1. The molecule has 2 amide bonds. The molecule has 0 saturated carbocycles. The Hall–Kier alpha value is -0.380. The summed E-state index contributed by atoms with van der Waals surface area (Å²) in [4.78, 5) is 10.6. The number of unbranched alkanes of at least 4 members (excludes halogenated alkanes) is 2.